The predicted octanol–water partition coefficient (Wildman–Crippen LogP) is 3.46. The van der Waals surface area contributed by atoms with Gasteiger partial charge in [0.25, 0.3) is 5.91 Å². The summed E-state index contributed by atoms with van der Waals surface area (Å²) >= 11 is 0. The number of halogens is 3. The summed E-state index contributed by atoms with van der Waals surface area (Å²) in [6.07, 6.45) is -3.68. The van der Waals surface area contributed by atoms with E-state index >= 15 is 0 Å². The van der Waals surface area contributed by atoms with E-state index in [9.17, 15) is 18.0 Å². The Labute approximate surface area is 150 Å². The Morgan fingerprint density at radius 3 is 2.31 bits per heavy atom. The average Bonchev–Trinajstić information content (AvgIpc) is 3.12. The first kappa shape index (κ1) is 18.5. The van der Waals surface area contributed by atoms with E-state index in [1.165, 1.54) is 4.90 Å². The highest BCUT2D eigenvalue weighted by atomic mass is 19.4. The number of alkyl halides is 3. The minimum atomic E-state index is -4.20. The molecule has 1 N–H and O–H groups in total. The van der Waals surface area contributed by atoms with Crippen molar-refractivity contribution in [2.45, 2.75) is 32.5 Å². The number of likely N-dealkylation sites (tertiary alicyclic amines) is 1. The first-order valence-corrected chi connectivity index (χ1v) is 8.58. The van der Waals surface area contributed by atoms with Crippen LogP contribution in [0.2, 0.25) is 0 Å². The predicted molar refractivity (Wildman–Crippen MR) is 93.6 cm³/mol. The van der Waals surface area contributed by atoms with Gasteiger partial charge in [-0.2, -0.15) is 13.2 Å². The van der Waals surface area contributed by atoms with E-state index in [0.29, 0.717) is 18.5 Å². The highest BCUT2D eigenvalue weighted by Gasteiger charge is 2.34. The van der Waals surface area contributed by atoms with Gasteiger partial charge in [-0.25, -0.2) is 0 Å². The first-order chi connectivity index (χ1) is 12.2. The number of aromatic nitrogens is 1. The van der Waals surface area contributed by atoms with Crippen molar-refractivity contribution in [2.75, 3.05) is 19.6 Å². The second-order valence-corrected chi connectivity index (χ2v) is 6.81. The Morgan fingerprint density at radius 1 is 1.12 bits per heavy atom. The second-order valence-electron chi connectivity index (χ2n) is 6.81. The Kier molecular flexibility index (Phi) is 5.09. The van der Waals surface area contributed by atoms with Gasteiger partial charge < -0.3 is 9.88 Å². The molecule has 1 aromatic heterocycles. The van der Waals surface area contributed by atoms with Gasteiger partial charge in [0.15, 0.2) is 0 Å². The van der Waals surface area contributed by atoms with Crippen LogP contribution in [0.5, 0.6) is 0 Å². The molecule has 3 rings (SSSR count). The third-order valence-corrected chi connectivity index (χ3v) is 4.67. The van der Waals surface area contributed by atoms with E-state index in [2.05, 4.69) is 9.88 Å². The number of nitrogens with zero attached hydrogens (tertiary/aromatic N) is 2. The van der Waals surface area contributed by atoms with E-state index in [-0.39, 0.29) is 18.5 Å². The van der Waals surface area contributed by atoms with Crippen molar-refractivity contribution in [3.05, 3.63) is 53.3 Å². The third kappa shape index (κ3) is 4.27. The normalized spacial score (nSPS) is 18.3. The number of benzene rings is 1. The van der Waals surface area contributed by atoms with Crippen molar-refractivity contribution in [3.8, 4) is 5.69 Å². The molecule has 1 aromatic carbocycles. The van der Waals surface area contributed by atoms with Crippen LogP contribution < -0.4 is 5.32 Å². The van der Waals surface area contributed by atoms with Gasteiger partial charge in [-0.1, -0.05) is 0 Å². The van der Waals surface area contributed by atoms with Crippen molar-refractivity contribution >= 4 is 5.91 Å². The summed E-state index contributed by atoms with van der Waals surface area (Å²) in [7, 11) is 0. The second kappa shape index (κ2) is 7.15. The molecule has 1 unspecified atom stereocenters. The molecule has 1 atom stereocenters. The molecule has 1 aliphatic rings. The Balaban J connectivity index is 1.61. The summed E-state index contributed by atoms with van der Waals surface area (Å²) in [6, 6.07) is 11.0. The molecule has 0 bridgehead atoms. The number of amides is 1. The van der Waals surface area contributed by atoms with Crippen molar-refractivity contribution in [1.82, 2.24) is 14.8 Å². The van der Waals surface area contributed by atoms with Crippen LogP contribution >= 0.6 is 0 Å². The van der Waals surface area contributed by atoms with Crippen LogP contribution in [0.25, 0.3) is 5.69 Å². The number of hydrogen-bond acceptors (Lipinski definition) is 2. The third-order valence-electron chi connectivity index (χ3n) is 4.67. The van der Waals surface area contributed by atoms with Crippen molar-refractivity contribution < 1.29 is 18.0 Å². The van der Waals surface area contributed by atoms with Crippen LogP contribution in [0.15, 0.2) is 36.4 Å². The molecule has 0 spiro atoms. The molecule has 7 heteroatoms. The molecular formula is C19H22F3N3O. The quantitative estimate of drug-likeness (QED) is 0.901. The van der Waals surface area contributed by atoms with Crippen molar-refractivity contribution in [2.24, 2.45) is 0 Å². The monoisotopic (exact) mass is 365 g/mol. The molecule has 1 saturated heterocycles. The van der Waals surface area contributed by atoms with Gasteiger partial charge in [0.05, 0.1) is 6.54 Å². The Bertz CT molecular complexity index is 761. The number of rotatable bonds is 4. The smallest absolute Gasteiger partial charge is 0.348 e. The maximum absolute atomic E-state index is 12.4. The van der Waals surface area contributed by atoms with E-state index in [4.69, 9.17) is 0 Å². The molecule has 140 valence electrons. The van der Waals surface area contributed by atoms with E-state index in [0.717, 1.165) is 17.1 Å². The fourth-order valence-corrected chi connectivity index (χ4v) is 3.45. The van der Waals surface area contributed by atoms with Gasteiger partial charge >= 0.3 is 6.18 Å². The number of carbonyl (C=O) groups is 1. The maximum atomic E-state index is 12.4. The molecule has 2 aromatic rings. The van der Waals surface area contributed by atoms with Crippen LogP contribution in [-0.2, 0) is 0 Å². The SMILES string of the molecule is Cc1ccc(C)n1-c1ccc(C(=O)NC2CCN(CC(F)(F)F)C2)cc1. The van der Waals surface area contributed by atoms with Crippen LogP contribution in [0.3, 0.4) is 0 Å². The lowest BCUT2D eigenvalue weighted by Crippen LogP contribution is -2.39. The lowest BCUT2D eigenvalue weighted by Gasteiger charge is -2.18. The molecule has 0 aliphatic carbocycles. The number of nitrogens with one attached hydrogen (secondary N) is 1. The zero-order valence-electron chi connectivity index (χ0n) is 14.8. The molecule has 0 saturated carbocycles. The van der Waals surface area contributed by atoms with Gasteiger partial charge in [-0.15, -0.1) is 0 Å². The van der Waals surface area contributed by atoms with Gasteiger partial charge in [0.1, 0.15) is 0 Å². The van der Waals surface area contributed by atoms with Gasteiger partial charge in [-0.3, -0.25) is 9.69 Å². The van der Waals surface area contributed by atoms with Crippen molar-refractivity contribution in [1.29, 1.82) is 0 Å². The fourth-order valence-electron chi connectivity index (χ4n) is 3.45. The fraction of sp³-hybridized carbons (Fsp3) is 0.421. The molecule has 1 aliphatic heterocycles. The lowest BCUT2D eigenvalue weighted by atomic mass is 10.1. The van der Waals surface area contributed by atoms with Gasteiger partial charge in [-0.05, 0) is 56.7 Å². The average molecular weight is 365 g/mol. The van der Waals surface area contributed by atoms with Gasteiger partial charge in [0, 0.05) is 41.8 Å². The van der Waals surface area contributed by atoms with E-state index in [1.54, 1.807) is 12.1 Å². The molecule has 1 fully saturated rings. The van der Waals surface area contributed by atoms with E-state index < -0.39 is 12.7 Å². The molecule has 1 amide bonds. The number of carbonyl (C=O) groups excluding carboxylic acids is 1. The molecule has 26 heavy (non-hydrogen) atoms. The highest BCUT2D eigenvalue weighted by Crippen LogP contribution is 2.20. The first-order valence-electron chi connectivity index (χ1n) is 8.58. The van der Waals surface area contributed by atoms with Crippen molar-refractivity contribution in [3.63, 3.8) is 0 Å². The molecule has 2 heterocycles. The summed E-state index contributed by atoms with van der Waals surface area (Å²) in [5.74, 6) is -0.253. The highest BCUT2D eigenvalue weighted by molar-refractivity contribution is 5.94. The molecular weight excluding hydrogens is 343 g/mol. The standard InChI is InChI=1S/C19H22F3N3O/c1-13-3-4-14(2)25(13)17-7-5-15(6-8-17)18(26)23-16-9-10-24(11-16)12-19(20,21)22/h3-8,16H,9-12H2,1-2H3,(H,23,26). The zero-order chi connectivity index (χ0) is 18.9. The Hall–Kier alpha value is -2.28. The van der Waals surface area contributed by atoms with Gasteiger partial charge in [0.2, 0.25) is 0 Å². The molecule has 4 nitrogen and oxygen atoms in total. The molecule has 0 radical (unpaired) electrons. The number of hydrogen-bond donors (Lipinski definition) is 1. The topological polar surface area (TPSA) is 37.3 Å². The summed E-state index contributed by atoms with van der Waals surface area (Å²) in [4.78, 5) is 13.7. The summed E-state index contributed by atoms with van der Waals surface area (Å²) < 4.78 is 39.4. The summed E-state index contributed by atoms with van der Waals surface area (Å²) in [5, 5.41) is 2.83. The summed E-state index contributed by atoms with van der Waals surface area (Å²) in [6.45, 7) is 3.67. The number of aryl methyl sites for hydroxylation is 2. The zero-order valence-corrected chi connectivity index (χ0v) is 14.8. The van der Waals surface area contributed by atoms with Crippen LogP contribution in [0, 0.1) is 13.8 Å². The van der Waals surface area contributed by atoms with Crippen LogP contribution in [0.1, 0.15) is 28.2 Å². The lowest BCUT2D eigenvalue weighted by molar-refractivity contribution is -0.143. The van der Waals surface area contributed by atoms with E-state index in [1.807, 2.05) is 38.1 Å². The maximum Gasteiger partial charge on any atom is 0.401 e. The van der Waals surface area contributed by atoms with Crippen LogP contribution in [0.4, 0.5) is 13.2 Å². The Morgan fingerprint density at radius 2 is 1.73 bits per heavy atom. The minimum absolute atomic E-state index is 0.227. The largest absolute Gasteiger partial charge is 0.401 e. The summed E-state index contributed by atoms with van der Waals surface area (Å²) in [5.41, 5.74) is 3.69. The minimum Gasteiger partial charge on any atom is -0.348 e. The van der Waals surface area contributed by atoms with Crippen LogP contribution in [-0.4, -0.2) is 47.2 Å².